The molecule has 0 radical (unpaired) electrons. The normalized spacial score (nSPS) is 24.6. The molecule has 1 amide bonds. The second-order valence-electron chi connectivity index (χ2n) is 10.8. The number of carbonyl (C=O) groups is 1. The lowest BCUT2D eigenvalue weighted by Gasteiger charge is -2.33. The zero-order valence-electron chi connectivity index (χ0n) is 22.4. The molecular formula is C28H30F4N4O6. The van der Waals surface area contributed by atoms with E-state index in [1.54, 1.807) is 18.2 Å². The maximum absolute atomic E-state index is 15.1. The van der Waals surface area contributed by atoms with Crippen LogP contribution in [0.2, 0.25) is 0 Å². The Labute approximate surface area is 237 Å². The van der Waals surface area contributed by atoms with Crippen LogP contribution in [0.5, 0.6) is 5.88 Å². The van der Waals surface area contributed by atoms with Crippen molar-refractivity contribution in [1.82, 2.24) is 15.3 Å². The minimum Gasteiger partial charge on any atom is -0.478 e. The number of nitrogens with zero attached hydrogens (tertiary/aromatic N) is 2. The van der Waals surface area contributed by atoms with Crippen LogP contribution in [0, 0.1) is 11.7 Å². The molecule has 1 aromatic carbocycles. The Kier molecular flexibility index (Phi) is 7.85. The zero-order valence-corrected chi connectivity index (χ0v) is 22.4. The minimum absolute atomic E-state index is 0.0286. The first-order valence-corrected chi connectivity index (χ1v) is 13.7. The van der Waals surface area contributed by atoms with Gasteiger partial charge in [0.05, 0.1) is 37.0 Å². The number of aliphatic hydroxyl groups excluding tert-OH is 1. The lowest BCUT2D eigenvalue weighted by atomic mass is 10.0. The van der Waals surface area contributed by atoms with Crippen molar-refractivity contribution >= 4 is 22.8 Å². The largest absolute Gasteiger partial charge is 0.478 e. The van der Waals surface area contributed by atoms with Crippen molar-refractivity contribution in [2.45, 2.75) is 43.4 Å². The van der Waals surface area contributed by atoms with Gasteiger partial charge in [0.25, 0.3) is 0 Å². The third kappa shape index (κ3) is 6.25. The number of benzene rings is 1. The Morgan fingerprint density at radius 1 is 1.12 bits per heavy atom. The molecule has 0 unspecified atom stereocenters. The second-order valence-corrected chi connectivity index (χ2v) is 10.8. The predicted octanol–water partition coefficient (Wildman–Crippen LogP) is 3.78. The maximum Gasteiger partial charge on any atom is 0.422 e. The number of rotatable bonds is 7. The Bertz CT molecular complexity index is 1410. The molecule has 0 aliphatic carbocycles. The van der Waals surface area contributed by atoms with E-state index in [0.717, 1.165) is 5.69 Å². The summed E-state index contributed by atoms with van der Waals surface area (Å²) in [6, 6.07) is 10.1. The van der Waals surface area contributed by atoms with Crippen LogP contribution < -0.4 is 15.0 Å². The van der Waals surface area contributed by atoms with Gasteiger partial charge in [-0.15, -0.1) is 0 Å². The number of halogens is 4. The number of ether oxygens (including phenoxy) is 4. The van der Waals surface area contributed by atoms with Crippen molar-refractivity contribution in [3.8, 4) is 17.1 Å². The SMILES string of the molecule is O=C(NC1CCN(c2ccc(-c3nc4cc(OC[C@@H]5CO[C@H]6[C@@H]5OC[C@H]6O)[nH]c4cc3F)cc2)CC1)OCC(F)(F)F. The molecule has 3 aliphatic rings. The van der Waals surface area contributed by atoms with Gasteiger partial charge in [-0.2, -0.15) is 13.2 Å². The Morgan fingerprint density at radius 3 is 2.60 bits per heavy atom. The summed E-state index contributed by atoms with van der Waals surface area (Å²) in [4.78, 5) is 21.3. The van der Waals surface area contributed by atoms with E-state index in [9.17, 15) is 23.1 Å². The predicted molar refractivity (Wildman–Crippen MR) is 142 cm³/mol. The van der Waals surface area contributed by atoms with Crippen LogP contribution in [-0.4, -0.2) is 91.2 Å². The first-order chi connectivity index (χ1) is 20.1. The van der Waals surface area contributed by atoms with Gasteiger partial charge in [0.2, 0.25) is 0 Å². The van der Waals surface area contributed by atoms with Crippen LogP contribution in [0.1, 0.15) is 12.8 Å². The first-order valence-electron chi connectivity index (χ1n) is 13.7. The molecule has 0 bridgehead atoms. The first kappa shape index (κ1) is 28.5. The summed E-state index contributed by atoms with van der Waals surface area (Å²) >= 11 is 0. The molecule has 5 heterocycles. The number of alkyl carbamates (subject to hydrolysis) is 1. The van der Waals surface area contributed by atoms with Gasteiger partial charge in [-0.05, 0) is 25.0 Å². The number of H-pyrrole nitrogens is 1. The number of aromatic nitrogens is 2. The number of piperidine rings is 1. The number of alkyl halides is 3. The second kappa shape index (κ2) is 11.6. The number of nitrogens with one attached hydrogen (secondary N) is 2. The standard InChI is InChI=1S/C28H30F4N4O6/c29-19-9-20-21(10-23(34-20)39-11-16-12-40-26-22(37)13-41-25(16)26)35-24(19)15-1-3-18(4-2-15)36-7-5-17(6-8-36)33-27(38)42-14-28(30,31)32/h1-4,9-10,16-17,22,25-26,34,37H,5-8,11-14H2,(H,33,38)/t16-,22-,25-,26-/m1/s1. The average molecular weight is 595 g/mol. The third-order valence-corrected chi connectivity index (χ3v) is 7.80. The topological polar surface area (TPSA) is 118 Å². The van der Waals surface area contributed by atoms with Crippen molar-refractivity contribution in [2.75, 3.05) is 44.4 Å². The van der Waals surface area contributed by atoms with E-state index in [0.29, 0.717) is 61.6 Å². The summed E-state index contributed by atoms with van der Waals surface area (Å²) in [5.41, 5.74) is 2.72. The molecule has 3 fully saturated rings. The molecule has 42 heavy (non-hydrogen) atoms. The molecule has 0 saturated carbocycles. The van der Waals surface area contributed by atoms with Crippen LogP contribution in [-0.2, 0) is 14.2 Å². The molecule has 4 atom stereocenters. The molecule has 226 valence electrons. The summed E-state index contributed by atoms with van der Waals surface area (Å²) < 4.78 is 73.1. The van der Waals surface area contributed by atoms with Crippen LogP contribution in [0.4, 0.5) is 28.0 Å². The molecular weight excluding hydrogens is 564 g/mol. The number of anilines is 1. The summed E-state index contributed by atoms with van der Waals surface area (Å²) in [5, 5.41) is 12.4. The molecule has 6 rings (SSSR count). The van der Waals surface area contributed by atoms with E-state index in [2.05, 4.69) is 24.9 Å². The van der Waals surface area contributed by atoms with Gasteiger partial charge < -0.3 is 39.3 Å². The quantitative estimate of drug-likeness (QED) is 0.354. The number of hydrogen-bond acceptors (Lipinski definition) is 8. The third-order valence-electron chi connectivity index (χ3n) is 7.80. The molecule has 2 aromatic heterocycles. The Morgan fingerprint density at radius 2 is 1.86 bits per heavy atom. The summed E-state index contributed by atoms with van der Waals surface area (Å²) in [6.07, 6.45) is -5.74. The monoisotopic (exact) mass is 594 g/mol. The van der Waals surface area contributed by atoms with Crippen molar-refractivity contribution in [1.29, 1.82) is 0 Å². The van der Waals surface area contributed by atoms with E-state index in [4.69, 9.17) is 14.2 Å². The fourth-order valence-electron chi connectivity index (χ4n) is 5.65. The molecule has 3 N–H and O–H groups in total. The number of fused-ring (bicyclic) bond motifs is 2. The Hall–Kier alpha value is -3.62. The lowest BCUT2D eigenvalue weighted by molar-refractivity contribution is -0.160. The molecule has 0 spiro atoms. The van der Waals surface area contributed by atoms with Crippen molar-refractivity contribution in [3.05, 3.63) is 42.2 Å². The smallest absolute Gasteiger partial charge is 0.422 e. The highest BCUT2D eigenvalue weighted by Crippen LogP contribution is 2.33. The van der Waals surface area contributed by atoms with Crippen LogP contribution in [0.15, 0.2) is 36.4 Å². The number of pyridine rings is 1. The zero-order chi connectivity index (χ0) is 29.4. The number of carbonyl (C=O) groups excluding carboxylic acids is 1. The van der Waals surface area contributed by atoms with E-state index >= 15 is 4.39 Å². The molecule has 10 nitrogen and oxygen atoms in total. The van der Waals surface area contributed by atoms with Crippen LogP contribution in [0.25, 0.3) is 22.3 Å². The van der Waals surface area contributed by atoms with Crippen molar-refractivity contribution in [2.24, 2.45) is 5.92 Å². The summed E-state index contributed by atoms with van der Waals surface area (Å²) in [6.45, 7) is 0.521. The van der Waals surface area contributed by atoms with E-state index in [-0.39, 0.29) is 36.5 Å². The Balaban J connectivity index is 1.04. The van der Waals surface area contributed by atoms with Gasteiger partial charge in [-0.25, -0.2) is 14.2 Å². The minimum atomic E-state index is -4.57. The van der Waals surface area contributed by atoms with E-state index in [1.807, 2.05) is 12.1 Å². The van der Waals surface area contributed by atoms with Crippen LogP contribution in [0.3, 0.4) is 0 Å². The summed E-state index contributed by atoms with van der Waals surface area (Å²) in [5.74, 6) is -0.0783. The van der Waals surface area contributed by atoms with Crippen molar-refractivity contribution in [3.63, 3.8) is 0 Å². The van der Waals surface area contributed by atoms with Gasteiger partial charge in [0.1, 0.15) is 17.9 Å². The van der Waals surface area contributed by atoms with Gasteiger partial charge in [0, 0.05) is 48.4 Å². The van der Waals surface area contributed by atoms with Gasteiger partial charge in [0.15, 0.2) is 18.3 Å². The van der Waals surface area contributed by atoms with Gasteiger partial charge in [-0.3, -0.25) is 0 Å². The molecule has 14 heteroatoms. The number of aliphatic hydroxyl groups is 1. The molecule has 3 aromatic rings. The number of hydrogen-bond donors (Lipinski definition) is 3. The van der Waals surface area contributed by atoms with Crippen molar-refractivity contribution < 1.29 is 46.4 Å². The lowest BCUT2D eigenvalue weighted by Crippen LogP contribution is -2.45. The fourth-order valence-corrected chi connectivity index (χ4v) is 5.65. The highest BCUT2D eigenvalue weighted by molar-refractivity contribution is 5.81. The van der Waals surface area contributed by atoms with Gasteiger partial charge >= 0.3 is 12.3 Å². The molecule has 3 aliphatic heterocycles. The van der Waals surface area contributed by atoms with E-state index < -0.39 is 30.8 Å². The fraction of sp³-hybridized carbons (Fsp3) is 0.500. The summed E-state index contributed by atoms with van der Waals surface area (Å²) in [7, 11) is 0. The number of amides is 1. The average Bonchev–Trinajstić information content (AvgIpc) is 3.66. The highest BCUT2D eigenvalue weighted by Gasteiger charge is 2.47. The highest BCUT2D eigenvalue weighted by atomic mass is 19.4. The maximum atomic E-state index is 15.1. The van der Waals surface area contributed by atoms with Crippen LogP contribution >= 0.6 is 0 Å². The molecule has 3 saturated heterocycles. The van der Waals surface area contributed by atoms with E-state index in [1.165, 1.54) is 6.07 Å². The van der Waals surface area contributed by atoms with Gasteiger partial charge in [-0.1, -0.05) is 12.1 Å². The number of aromatic amines is 1.